The van der Waals surface area contributed by atoms with E-state index >= 15 is 0 Å². The van der Waals surface area contributed by atoms with Crippen molar-refractivity contribution in [3.05, 3.63) is 40.6 Å². The Bertz CT molecular complexity index is 628. The smallest absolute Gasteiger partial charge is 0.177 e. The van der Waals surface area contributed by atoms with Gasteiger partial charge in [-0.3, -0.25) is 0 Å². The predicted molar refractivity (Wildman–Crippen MR) is 67.7 cm³/mol. The normalized spacial score (nSPS) is 10.6. The Labute approximate surface area is 102 Å². The first-order valence-corrected chi connectivity index (χ1v) is 6.11. The summed E-state index contributed by atoms with van der Waals surface area (Å²) in [5.74, 6) is 0.629. The number of tetrazole rings is 1. The molecule has 5 heteroatoms. The fourth-order valence-corrected chi connectivity index (χ4v) is 2.49. The maximum atomic E-state index is 4.04. The van der Waals surface area contributed by atoms with Crippen molar-refractivity contribution in [2.45, 2.75) is 6.92 Å². The molecule has 0 bridgehead atoms. The number of nitrogens with zero attached hydrogens (tertiary/aromatic N) is 3. The van der Waals surface area contributed by atoms with E-state index in [2.05, 4.69) is 45.1 Å². The van der Waals surface area contributed by atoms with Gasteiger partial charge in [-0.25, -0.2) is 0 Å². The third-order valence-corrected chi connectivity index (χ3v) is 3.42. The van der Waals surface area contributed by atoms with E-state index in [1.807, 2.05) is 18.2 Å². The molecule has 2 heterocycles. The van der Waals surface area contributed by atoms with Gasteiger partial charge in [0.2, 0.25) is 5.82 Å². The second kappa shape index (κ2) is 4.10. The monoisotopic (exact) mass is 242 g/mol. The molecule has 0 atom stereocenters. The number of hydrogen-bond donors (Lipinski definition) is 1. The van der Waals surface area contributed by atoms with E-state index in [9.17, 15) is 0 Å². The van der Waals surface area contributed by atoms with Crippen LogP contribution in [0.25, 0.3) is 22.5 Å². The predicted octanol–water partition coefficient (Wildman–Crippen LogP) is 2.90. The van der Waals surface area contributed by atoms with E-state index < -0.39 is 0 Å². The fourth-order valence-electron chi connectivity index (χ4n) is 1.79. The van der Waals surface area contributed by atoms with Crippen molar-refractivity contribution in [3.8, 4) is 22.5 Å². The molecule has 1 aromatic carbocycles. The Kier molecular flexibility index (Phi) is 2.45. The van der Waals surface area contributed by atoms with Crippen molar-refractivity contribution in [3.63, 3.8) is 0 Å². The minimum absolute atomic E-state index is 0.629. The van der Waals surface area contributed by atoms with Gasteiger partial charge in [0.1, 0.15) is 0 Å². The van der Waals surface area contributed by atoms with Crippen LogP contribution in [0.4, 0.5) is 0 Å². The lowest BCUT2D eigenvalue weighted by atomic mass is 10.0. The Morgan fingerprint density at radius 3 is 2.65 bits per heavy atom. The molecule has 0 spiro atoms. The van der Waals surface area contributed by atoms with Crippen LogP contribution in [0.1, 0.15) is 4.88 Å². The zero-order valence-electron chi connectivity index (χ0n) is 9.21. The number of aromatic nitrogens is 4. The lowest BCUT2D eigenvalue weighted by Gasteiger charge is -2.03. The van der Waals surface area contributed by atoms with Crippen LogP contribution in [0.3, 0.4) is 0 Å². The Morgan fingerprint density at radius 1 is 1.18 bits per heavy atom. The summed E-state index contributed by atoms with van der Waals surface area (Å²) in [5, 5.41) is 16.3. The zero-order chi connectivity index (χ0) is 11.7. The van der Waals surface area contributed by atoms with Crippen LogP contribution in [-0.2, 0) is 0 Å². The Morgan fingerprint density at radius 2 is 2.00 bits per heavy atom. The molecule has 0 aliphatic rings. The third kappa shape index (κ3) is 1.85. The topological polar surface area (TPSA) is 54.5 Å². The molecule has 84 valence electrons. The van der Waals surface area contributed by atoms with Gasteiger partial charge >= 0.3 is 0 Å². The maximum Gasteiger partial charge on any atom is 0.205 e. The summed E-state index contributed by atoms with van der Waals surface area (Å²) in [4.78, 5) is 1.29. The minimum atomic E-state index is 0.629. The van der Waals surface area contributed by atoms with E-state index in [0.717, 1.165) is 11.1 Å². The molecule has 0 radical (unpaired) electrons. The summed E-state index contributed by atoms with van der Waals surface area (Å²) >= 11 is 1.74. The summed E-state index contributed by atoms with van der Waals surface area (Å²) in [5.41, 5.74) is 3.34. The third-order valence-electron chi connectivity index (χ3n) is 2.55. The van der Waals surface area contributed by atoms with Crippen LogP contribution < -0.4 is 0 Å². The van der Waals surface area contributed by atoms with E-state index in [-0.39, 0.29) is 0 Å². The van der Waals surface area contributed by atoms with Crippen LogP contribution in [0.2, 0.25) is 0 Å². The number of rotatable bonds is 2. The van der Waals surface area contributed by atoms with Crippen molar-refractivity contribution in [2.75, 3.05) is 0 Å². The molecule has 0 aliphatic carbocycles. The first-order valence-electron chi connectivity index (χ1n) is 5.23. The molecule has 0 amide bonds. The van der Waals surface area contributed by atoms with Crippen molar-refractivity contribution >= 4 is 11.3 Å². The number of nitrogens with one attached hydrogen (secondary N) is 1. The molecule has 0 saturated carbocycles. The summed E-state index contributed by atoms with van der Waals surface area (Å²) < 4.78 is 0. The molecule has 2 aromatic heterocycles. The van der Waals surface area contributed by atoms with Crippen LogP contribution in [0.15, 0.2) is 35.7 Å². The number of aromatic amines is 1. The fraction of sp³-hybridized carbons (Fsp3) is 0.0833. The highest BCUT2D eigenvalue weighted by molar-refractivity contribution is 7.10. The molecule has 3 aromatic rings. The second-order valence-corrected chi connectivity index (χ2v) is 4.84. The molecule has 3 rings (SSSR count). The highest BCUT2D eigenvalue weighted by atomic mass is 32.1. The van der Waals surface area contributed by atoms with Gasteiger partial charge in [0, 0.05) is 10.4 Å². The SMILES string of the molecule is Cc1cc(-c2ccccc2-c2nn[nH]n2)cs1. The highest BCUT2D eigenvalue weighted by Crippen LogP contribution is 2.32. The van der Waals surface area contributed by atoms with Gasteiger partial charge in [0.25, 0.3) is 0 Å². The average Bonchev–Trinajstić information content (AvgIpc) is 3.00. The quantitative estimate of drug-likeness (QED) is 0.751. The van der Waals surface area contributed by atoms with Crippen LogP contribution >= 0.6 is 11.3 Å². The molecule has 0 fully saturated rings. The van der Waals surface area contributed by atoms with Gasteiger partial charge in [0.15, 0.2) is 0 Å². The zero-order valence-corrected chi connectivity index (χ0v) is 10.0. The van der Waals surface area contributed by atoms with Crippen molar-refractivity contribution in [1.82, 2.24) is 20.6 Å². The molecule has 1 N–H and O–H groups in total. The van der Waals surface area contributed by atoms with Crippen molar-refractivity contribution in [2.24, 2.45) is 0 Å². The van der Waals surface area contributed by atoms with Crippen LogP contribution in [0.5, 0.6) is 0 Å². The molecular weight excluding hydrogens is 232 g/mol. The molecule has 4 nitrogen and oxygen atoms in total. The van der Waals surface area contributed by atoms with Gasteiger partial charge < -0.3 is 0 Å². The second-order valence-electron chi connectivity index (χ2n) is 3.73. The number of H-pyrrole nitrogens is 1. The van der Waals surface area contributed by atoms with E-state index in [0.29, 0.717) is 5.82 Å². The Hall–Kier alpha value is -2.01. The van der Waals surface area contributed by atoms with Gasteiger partial charge in [-0.1, -0.05) is 24.3 Å². The number of benzene rings is 1. The van der Waals surface area contributed by atoms with E-state index in [1.165, 1.54) is 10.4 Å². The van der Waals surface area contributed by atoms with Crippen LogP contribution in [-0.4, -0.2) is 20.6 Å². The Balaban J connectivity index is 2.17. The lowest BCUT2D eigenvalue weighted by molar-refractivity contribution is 0.881. The first-order chi connectivity index (χ1) is 8.34. The molecule has 0 aliphatic heterocycles. The minimum Gasteiger partial charge on any atom is -0.177 e. The number of aryl methyl sites for hydroxylation is 1. The van der Waals surface area contributed by atoms with Crippen molar-refractivity contribution in [1.29, 1.82) is 0 Å². The summed E-state index contributed by atoms with van der Waals surface area (Å²) in [6.45, 7) is 2.10. The summed E-state index contributed by atoms with van der Waals surface area (Å²) in [6, 6.07) is 10.3. The van der Waals surface area contributed by atoms with E-state index in [4.69, 9.17) is 0 Å². The molecule has 0 unspecified atom stereocenters. The summed E-state index contributed by atoms with van der Waals surface area (Å²) in [7, 11) is 0. The first kappa shape index (κ1) is 10.2. The van der Waals surface area contributed by atoms with Gasteiger partial charge in [-0.2, -0.15) is 5.21 Å². The van der Waals surface area contributed by atoms with Crippen LogP contribution in [0, 0.1) is 6.92 Å². The number of hydrogen-bond acceptors (Lipinski definition) is 4. The maximum absolute atomic E-state index is 4.04. The van der Waals surface area contributed by atoms with Gasteiger partial charge in [0.05, 0.1) is 0 Å². The van der Waals surface area contributed by atoms with Crippen molar-refractivity contribution < 1.29 is 0 Å². The lowest BCUT2D eigenvalue weighted by Crippen LogP contribution is -1.85. The standard InChI is InChI=1S/C12H10N4S/c1-8-6-9(7-17-8)10-4-2-3-5-11(10)12-13-15-16-14-12/h2-7H,1H3,(H,13,14,15,16). The molecular formula is C12H10N4S. The average molecular weight is 242 g/mol. The van der Waals surface area contributed by atoms with Gasteiger partial charge in [-0.15, -0.1) is 21.5 Å². The van der Waals surface area contributed by atoms with Gasteiger partial charge in [-0.05, 0) is 34.7 Å². The number of thiophene rings is 1. The molecule has 0 saturated heterocycles. The molecule has 17 heavy (non-hydrogen) atoms. The van der Waals surface area contributed by atoms with E-state index in [1.54, 1.807) is 11.3 Å². The largest absolute Gasteiger partial charge is 0.205 e. The highest BCUT2D eigenvalue weighted by Gasteiger charge is 2.10. The summed E-state index contributed by atoms with van der Waals surface area (Å²) in [6.07, 6.45) is 0.